The molecule has 2 aromatic carbocycles. The van der Waals surface area contributed by atoms with Crippen molar-refractivity contribution >= 4 is 54.1 Å². The summed E-state index contributed by atoms with van der Waals surface area (Å²) >= 11 is 9.06. The van der Waals surface area contributed by atoms with E-state index in [1.54, 1.807) is 18.2 Å². The number of hydrogen-bond acceptors (Lipinski definition) is 5. The predicted molar refractivity (Wildman–Crippen MR) is 96.3 cm³/mol. The van der Waals surface area contributed by atoms with E-state index in [4.69, 9.17) is 11.6 Å². The largest absolute Gasteiger partial charge is 0.392 e. The molecule has 0 spiro atoms. The number of hydrogen-bond donors (Lipinski definition) is 1. The lowest BCUT2D eigenvalue weighted by Crippen LogP contribution is -2.12. The molecule has 7 nitrogen and oxygen atoms in total. The van der Waals surface area contributed by atoms with Gasteiger partial charge >= 0.3 is 0 Å². The molecule has 10 heteroatoms. The molecular weight excluding hydrogens is 436 g/mol. The second-order valence-corrected chi connectivity index (χ2v) is 8.20. The van der Waals surface area contributed by atoms with Gasteiger partial charge in [-0.3, -0.25) is 10.1 Å². The van der Waals surface area contributed by atoms with Crippen molar-refractivity contribution in [1.29, 1.82) is 0 Å². The zero-order chi connectivity index (χ0) is 18.4. The first-order valence-electron chi connectivity index (χ1n) is 6.86. The summed E-state index contributed by atoms with van der Waals surface area (Å²) in [5.41, 5.74) is 0.258. The van der Waals surface area contributed by atoms with E-state index in [0.717, 1.165) is 10.0 Å². The standard InChI is InChI=1S/C15H10BrClN2O5S/c16-12-3-1-2-11-9(8-20)7-18(15(11)12)25(23,24)10-4-5-13(17)14(6-10)19(21)22/h1-7,20H,8H2. The topological polar surface area (TPSA) is 102 Å². The fraction of sp³-hybridized carbons (Fsp3) is 0.0667. The SMILES string of the molecule is O=[N+]([O-])c1cc(S(=O)(=O)n2cc(CO)c3cccc(Br)c32)ccc1Cl. The van der Waals surface area contributed by atoms with E-state index in [1.807, 2.05) is 0 Å². The van der Waals surface area contributed by atoms with Crippen LogP contribution in [0.2, 0.25) is 5.02 Å². The molecule has 130 valence electrons. The van der Waals surface area contributed by atoms with Gasteiger partial charge in [-0.2, -0.15) is 0 Å². The maximum absolute atomic E-state index is 13.0. The van der Waals surface area contributed by atoms with Crippen LogP contribution in [0.3, 0.4) is 0 Å². The van der Waals surface area contributed by atoms with Crippen LogP contribution in [-0.2, 0) is 16.6 Å². The second kappa shape index (κ2) is 6.41. The van der Waals surface area contributed by atoms with Crippen molar-refractivity contribution < 1.29 is 18.4 Å². The van der Waals surface area contributed by atoms with Crippen molar-refractivity contribution in [2.75, 3.05) is 0 Å². The van der Waals surface area contributed by atoms with E-state index < -0.39 is 20.6 Å². The summed E-state index contributed by atoms with van der Waals surface area (Å²) in [6.07, 6.45) is 1.30. The van der Waals surface area contributed by atoms with E-state index in [-0.39, 0.29) is 16.5 Å². The van der Waals surface area contributed by atoms with Crippen molar-refractivity contribution in [2.24, 2.45) is 0 Å². The molecule has 0 bridgehead atoms. The normalized spacial score (nSPS) is 11.8. The van der Waals surface area contributed by atoms with Gasteiger partial charge in [-0.25, -0.2) is 12.4 Å². The van der Waals surface area contributed by atoms with Crippen molar-refractivity contribution in [3.05, 3.63) is 67.8 Å². The number of nitro groups is 1. The Morgan fingerprint density at radius 3 is 2.64 bits per heavy atom. The lowest BCUT2D eigenvalue weighted by molar-refractivity contribution is -0.384. The van der Waals surface area contributed by atoms with E-state index in [1.165, 1.54) is 18.3 Å². The van der Waals surface area contributed by atoms with Gasteiger partial charge in [-0.05, 0) is 34.1 Å². The Labute approximate surface area is 155 Å². The Morgan fingerprint density at radius 1 is 1.28 bits per heavy atom. The molecule has 0 saturated heterocycles. The number of halogens is 2. The number of para-hydroxylation sites is 1. The smallest absolute Gasteiger partial charge is 0.289 e. The first-order valence-corrected chi connectivity index (χ1v) is 9.47. The Bertz CT molecular complexity index is 1110. The van der Waals surface area contributed by atoms with Crippen LogP contribution in [0.5, 0.6) is 0 Å². The van der Waals surface area contributed by atoms with Crippen LogP contribution in [0.1, 0.15) is 5.56 Å². The number of nitrogens with zero attached hydrogens (tertiary/aromatic N) is 2. The second-order valence-electron chi connectivity index (χ2n) is 5.12. The lowest BCUT2D eigenvalue weighted by Gasteiger charge is -2.09. The van der Waals surface area contributed by atoms with E-state index in [0.29, 0.717) is 20.9 Å². The van der Waals surface area contributed by atoms with Gasteiger partial charge in [0.15, 0.2) is 0 Å². The van der Waals surface area contributed by atoms with Crippen LogP contribution in [0.25, 0.3) is 10.9 Å². The van der Waals surface area contributed by atoms with Gasteiger partial charge in [-0.15, -0.1) is 0 Å². The van der Waals surface area contributed by atoms with E-state index in [2.05, 4.69) is 15.9 Å². The van der Waals surface area contributed by atoms with Gasteiger partial charge < -0.3 is 5.11 Å². The average molecular weight is 446 g/mol. The molecule has 0 aliphatic heterocycles. The number of nitro benzene ring substituents is 1. The number of aliphatic hydroxyl groups excluding tert-OH is 1. The minimum Gasteiger partial charge on any atom is -0.392 e. The quantitative estimate of drug-likeness (QED) is 0.487. The Morgan fingerprint density at radius 2 is 2.00 bits per heavy atom. The van der Waals surface area contributed by atoms with Crippen LogP contribution in [-0.4, -0.2) is 22.4 Å². The zero-order valence-electron chi connectivity index (χ0n) is 12.4. The molecule has 0 amide bonds. The van der Waals surface area contributed by atoms with Crippen molar-refractivity contribution in [3.63, 3.8) is 0 Å². The Balaban J connectivity index is 2.31. The van der Waals surface area contributed by atoms with Crippen molar-refractivity contribution in [1.82, 2.24) is 3.97 Å². The molecule has 1 N–H and O–H groups in total. The number of fused-ring (bicyclic) bond motifs is 1. The van der Waals surface area contributed by atoms with Gasteiger partial charge in [0.2, 0.25) is 0 Å². The van der Waals surface area contributed by atoms with Crippen LogP contribution in [0.15, 0.2) is 52.0 Å². The summed E-state index contributed by atoms with van der Waals surface area (Å²) in [6, 6.07) is 8.35. The van der Waals surface area contributed by atoms with Crippen LogP contribution >= 0.6 is 27.5 Å². The summed E-state index contributed by atoms with van der Waals surface area (Å²) in [6.45, 7) is -0.351. The number of aromatic nitrogens is 1. The van der Waals surface area contributed by atoms with Gasteiger partial charge in [0.25, 0.3) is 15.7 Å². The molecule has 3 aromatic rings. The summed E-state index contributed by atoms with van der Waals surface area (Å²) in [5, 5.41) is 20.9. The molecule has 0 fully saturated rings. The lowest BCUT2D eigenvalue weighted by atomic mass is 10.2. The molecule has 25 heavy (non-hydrogen) atoms. The summed E-state index contributed by atoms with van der Waals surface area (Å²) in [4.78, 5) is 10.0. The molecule has 3 rings (SSSR count). The fourth-order valence-electron chi connectivity index (χ4n) is 2.50. The van der Waals surface area contributed by atoms with Gasteiger partial charge in [0, 0.05) is 27.7 Å². The van der Waals surface area contributed by atoms with E-state index >= 15 is 0 Å². The van der Waals surface area contributed by atoms with Gasteiger partial charge in [0.05, 0.1) is 21.9 Å². The minimum atomic E-state index is -4.14. The monoisotopic (exact) mass is 444 g/mol. The minimum absolute atomic E-state index is 0.154. The fourth-order valence-corrected chi connectivity index (χ4v) is 4.79. The Kier molecular flexibility index (Phi) is 4.58. The summed E-state index contributed by atoms with van der Waals surface area (Å²) < 4.78 is 27.5. The highest BCUT2D eigenvalue weighted by Crippen LogP contribution is 2.33. The third-order valence-corrected chi connectivity index (χ3v) is 6.28. The molecule has 0 aliphatic carbocycles. The highest BCUT2D eigenvalue weighted by Gasteiger charge is 2.25. The molecule has 0 atom stereocenters. The van der Waals surface area contributed by atoms with Crippen molar-refractivity contribution in [3.8, 4) is 0 Å². The number of rotatable bonds is 4. The summed E-state index contributed by atoms with van der Waals surface area (Å²) in [7, 11) is -4.14. The molecule has 1 heterocycles. The maximum Gasteiger partial charge on any atom is 0.289 e. The van der Waals surface area contributed by atoms with Crippen LogP contribution in [0, 0.1) is 10.1 Å². The first-order chi connectivity index (χ1) is 11.8. The zero-order valence-corrected chi connectivity index (χ0v) is 15.5. The highest BCUT2D eigenvalue weighted by molar-refractivity contribution is 9.10. The van der Waals surface area contributed by atoms with Gasteiger partial charge in [0.1, 0.15) is 5.02 Å². The molecule has 0 radical (unpaired) electrons. The molecule has 0 saturated carbocycles. The van der Waals surface area contributed by atoms with Gasteiger partial charge in [-0.1, -0.05) is 23.7 Å². The van der Waals surface area contributed by atoms with Crippen molar-refractivity contribution in [2.45, 2.75) is 11.5 Å². The number of aliphatic hydroxyl groups is 1. The third kappa shape index (κ3) is 2.93. The van der Waals surface area contributed by atoms with Crippen LogP contribution in [0.4, 0.5) is 5.69 Å². The Hall–Kier alpha value is -1.94. The molecule has 0 unspecified atom stereocenters. The molecule has 1 aromatic heterocycles. The first kappa shape index (κ1) is 17.9. The third-order valence-electron chi connectivity index (χ3n) is 3.67. The number of benzene rings is 2. The highest BCUT2D eigenvalue weighted by atomic mass is 79.9. The summed E-state index contributed by atoms with van der Waals surface area (Å²) in [5.74, 6) is 0. The molecular formula is C15H10BrClN2O5S. The average Bonchev–Trinajstić information content (AvgIpc) is 2.95. The predicted octanol–water partition coefficient (Wildman–Crippen LogP) is 3.69. The van der Waals surface area contributed by atoms with E-state index in [9.17, 15) is 23.6 Å². The van der Waals surface area contributed by atoms with Crippen LogP contribution < -0.4 is 0 Å². The molecule has 0 aliphatic rings. The maximum atomic E-state index is 13.0.